The van der Waals surface area contributed by atoms with Crippen molar-refractivity contribution in [3.8, 4) is 0 Å². The second-order valence-electron chi connectivity index (χ2n) is 7.90. The molecule has 2 aliphatic rings. The van der Waals surface area contributed by atoms with E-state index in [9.17, 15) is 9.59 Å². The molecule has 31 heavy (non-hydrogen) atoms. The lowest BCUT2D eigenvalue weighted by Gasteiger charge is -2.29. The molecule has 1 saturated carbocycles. The number of carbonyl (C=O) groups excluding carboxylic acids is 1. The van der Waals surface area contributed by atoms with Crippen LogP contribution in [0.5, 0.6) is 0 Å². The van der Waals surface area contributed by atoms with E-state index in [0.717, 1.165) is 12.8 Å². The van der Waals surface area contributed by atoms with Crippen LogP contribution >= 0.6 is 11.6 Å². The van der Waals surface area contributed by atoms with Crippen molar-refractivity contribution in [2.45, 2.75) is 18.9 Å². The number of carbonyl (C=O) groups is 1. The monoisotopic (exact) mass is 441 g/mol. The van der Waals surface area contributed by atoms with Crippen molar-refractivity contribution >= 4 is 39.8 Å². The number of benzene rings is 2. The molecule has 1 aromatic heterocycles. The molecule has 6 nitrogen and oxygen atoms in total. The number of fused-ring (bicyclic) bond motifs is 1. The number of nitrogens with one attached hydrogen (secondary N) is 1. The first-order valence-electron chi connectivity index (χ1n) is 10.3. The minimum atomic E-state index is -0.541. The number of rotatable bonds is 4. The lowest BCUT2D eigenvalue weighted by atomic mass is 10.1. The van der Waals surface area contributed by atoms with Gasteiger partial charge in [0.1, 0.15) is 11.4 Å². The van der Waals surface area contributed by atoms with Crippen LogP contribution in [0.15, 0.2) is 47.4 Å². The average Bonchev–Trinajstić information content (AvgIpc) is 3.60. The third-order valence-corrected chi connectivity index (χ3v) is 5.96. The first kappa shape index (κ1) is 20.0. The first-order valence-corrected chi connectivity index (χ1v) is 10.7. The number of hydrogen-bond donors (Lipinski definition) is 1. The van der Waals surface area contributed by atoms with E-state index in [0.29, 0.717) is 48.2 Å². The predicted octanol–water partition coefficient (Wildman–Crippen LogP) is 4.22. The maximum Gasteiger partial charge on any atom is 0.261 e. The molecule has 1 amide bonds. The van der Waals surface area contributed by atoms with Gasteiger partial charge < -0.3 is 19.5 Å². The van der Waals surface area contributed by atoms with Crippen LogP contribution in [-0.4, -0.2) is 36.8 Å². The van der Waals surface area contributed by atoms with Crippen LogP contribution in [0, 0.1) is 5.82 Å². The Balaban J connectivity index is 1.60. The number of morpholine rings is 1. The fourth-order valence-corrected chi connectivity index (χ4v) is 4.18. The number of ether oxygens (including phenoxy) is 1. The van der Waals surface area contributed by atoms with Gasteiger partial charge in [-0.05, 0) is 43.2 Å². The van der Waals surface area contributed by atoms with Crippen molar-refractivity contribution in [1.82, 2.24) is 4.57 Å². The molecule has 0 bridgehead atoms. The summed E-state index contributed by atoms with van der Waals surface area (Å²) in [6.07, 6.45) is 3.51. The highest BCUT2D eigenvalue weighted by Gasteiger charge is 2.28. The molecule has 0 spiro atoms. The molecule has 0 atom stereocenters. The molecule has 8 heteroatoms. The minimum absolute atomic E-state index is 0.0158. The van der Waals surface area contributed by atoms with Gasteiger partial charge in [0.05, 0.1) is 24.4 Å². The van der Waals surface area contributed by atoms with E-state index in [1.165, 1.54) is 6.07 Å². The summed E-state index contributed by atoms with van der Waals surface area (Å²) in [6, 6.07) is 9.90. The van der Waals surface area contributed by atoms with Gasteiger partial charge in [-0.2, -0.15) is 0 Å². The predicted molar refractivity (Wildman–Crippen MR) is 119 cm³/mol. The molecule has 0 unspecified atom stereocenters. The number of pyridine rings is 1. The molecule has 1 N–H and O–H groups in total. The third kappa shape index (κ3) is 3.91. The molecule has 3 aromatic rings. The standard InChI is InChI=1S/C23H21ClFN3O3/c24-14-2-1-3-15(10-14)26-23(30)18-13-28(16-4-5-16)20-12-21(27-6-8-31-9-7-27)19(25)11-17(20)22(18)29/h1-3,10-13,16H,4-9H2,(H,26,30). The smallest absolute Gasteiger partial charge is 0.261 e. The van der Waals surface area contributed by atoms with E-state index in [-0.39, 0.29) is 17.0 Å². The van der Waals surface area contributed by atoms with E-state index in [1.807, 2.05) is 9.47 Å². The normalized spacial score (nSPS) is 16.5. The summed E-state index contributed by atoms with van der Waals surface area (Å²) in [5.74, 6) is -1.01. The van der Waals surface area contributed by atoms with Gasteiger partial charge in [-0.25, -0.2) is 4.39 Å². The number of halogens is 2. The van der Waals surface area contributed by atoms with Gasteiger partial charge in [0.15, 0.2) is 0 Å². The molecule has 1 aliphatic heterocycles. The maximum absolute atomic E-state index is 15.0. The van der Waals surface area contributed by atoms with Crippen molar-refractivity contribution in [2.24, 2.45) is 0 Å². The van der Waals surface area contributed by atoms with Crippen molar-refractivity contribution < 1.29 is 13.9 Å². The SMILES string of the molecule is O=C(Nc1cccc(Cl)c1)c1cn(C2CC2)c2cc(N3CCOCC3)c(F)cc2c1=O. The number of anilines is 2. The largest absolute Gasteiger partial charge is 0.378 e. The Kier molecular flexibility index (Phi) is 5.16. The molecule has 1 aliphatic carbocycles. The maximum atomic E-state index is 15.0. The van der Waals surface area contributed by atoms with E-state index in [4.69, 9.17) is 16.3 Å². The van der Waals surface area contributed by atoms with Crippen molar-refractivity contribution in [1.29, 1.82) is 0 Å². The third-order valence-electron chi connectivity index (χ3n) is 5.72. The van der Waals surface area contributed by atoms with E-state index < -0.39 is 17.2 Å². The topological polar surface area (TPSA) is 63.6 Å². The summed E-state index contributed by atoms with van der Waals surface area (Å²) >= 11 is 5.98. The Bertz CT molecular complexity index is 1230. The molecule has 2 heterocycles. The van der Waals surface area contributed by atoms with Crippen LogP contribution in [0.2, 0.25) is 5.02 Å². The number of nitrogens with zero attached hydrogens (tertiary/aromatic N) is 2. The fraction of sp³-hybridized carbons (Fsp3) is 0.304. The quantitative estimate of drug-likeness (QED) is 0.658. The summed E-state index contributed by atoms with van der Waals surface area (Å²) in [6.45, 7) is 2.26. The van der Waals surface area contributed by atoms with Crippen LogP contribution in [0.4, 0.5) is 15.8 Å². The van der Waals surface area contributed by atoms with E-state index >= 15 is 4.39 Å². The van der Waals surface area contributed by atoms with Crippen LogP contribution in [0.25, 0.3) is 10.9 Å². The van der Waals surface area contributed by atoms with Gasteiger partial charge in [0, 0.05) is 41.4 Å². The Labute approximate surface area is 183 Å². The van der Waals surface area contributed by atoms with Gasteiger partial charge in [-0.3, -0.25) is 9.59 Å². The Morgan fingerprint density at radius 3 is 2.65 bits per heavy atom. The van der Waals surface area contributed by atoms with Crippen molar-refractivity contribution in [3.63, 3.8) is 0 Å². The second-order valence-corrected chi connectivity index (χ2v) is 8.33. The molecular weight excluding hydrogens is 421 g/mol. The van der Waals surface area contributed by atoms with Gasteiger partial charge in [0.2, 0.25) is 5.43 Å². The Morgan fingerprint density at radius 1 is 1.16 bits per heavy atom. The molecule has 2 aromatic carbocycles. The lowest BCUT2D eigenvalue weighted by molar-refractivity contribution is 0.102. The Morgan fingerprint density at radius 2 is 1.94 bits per heavy atom. The number of hydrogen-bond acceptors (Lipinski definition) is 4. The fourth-order valence-electron chi connectivity index (χ4n) is 3.99. The van der Waals surface area contributed by atoms with Crippen LogP contribution in [0.1, 0.15) is 29.2 Å². The first-order chi connectivity index (χ1) is 15.0. The van der Waals surface area contributed by atoms with Crippen LogP contribution in [0.3, 0.4) is 0 Å². The highest BCUT2D eigenvalue weighted by molar-refractivity contribution is 6.31. The number of aromatic nitrogens is 1. The summed E-state index contributed by atoms with van der Waals surface area (Å²) in [7, 11) is 0. The molecule has 1 saturated heterocycles. The minimum Gasteiger partial charge on any atom is -0.378 e. The van der Waals surface area contributed by atoms with Gasteiger partial charge in [-0.15, -0.1) is 0 Å². The number of amides is 1. The molecular formula is C23H21ClFN3O3. The zero-order valence-corrected chi connectivity index (χ0v) is 17.5. The molecule has 160 valence electrons. The van der Waals surface area contributed by atoms with Gasteiger partial charge in [0.25, 0.3) is 5.91 Å². The van der Waals surface area contributed by atoms with Gasteiger partial charge >= 0.3 is 0 Å². The van der Waals surface area contributed by atoms with E-state index in [2.05, 4.69) is 5.32 Å². The summed E-state index contributed by atoms with van der Waals surface area (Å²) < 4.78 is 22.3. The average molecular weight is 442 g/mol. The van der Waals surface area contributed by atoms with Crippen LogP contribution < -0.4 is 15.6 Å². The summed E-state index contributed by atoms with van der Waals surface area (Å²) in [4.78, 5) is 28.0. The molecule has 2 fully saturated rings. The van der Waals surface area contributed by atoms with E-state index in [1.54, 1.807) is 36.5 Å². The lowest BCUT2D eigenvalue weighted by Crippen LogP contribution is -2.36. The summed E-state index contributed by atoms with van der Waals surface area (Å²) in [5, 5.41) is 3.40. The summed E-state index contributed by atoms with van der Waals surface area (Å²) in [5.41, 5.74) is 1.09. The second kappa shape index (κ2) is 7.98. The zero-order chi connectivity index (χ0) is 21.5. The highest BCUT2D eigenvalue weighted by atomic mass is 35.5. The van der Waals surface area contributed by atoms with Crippen molar-refractivity contribution in [3.05, 3.63) is 69.2 Å². The molecule has 5 rings (SSSR count). The Hall–Kier alpha value is -2.90. The van der Waals surface area contributed by atoms with Crippen molar-refractivity contribution in [2.75, 3.05) is 36.5 Å². The highest BCUT2D eigenvalue weighted by Crippen LogP contribution is 2.38. The van der Waals surface area contributed by atoms with Gasteiger partial charge in [-0.1, -0.05) is 17.7 Å². The molecule has 0 radical (unpaired) electrons. The zero-order valence-electron chi connectivity index (χ0n) is 16.7. The van der Waals surface area contributed by atoms with Crippen LogP contribution in [-0.2, 0) is 4.74 Å².